The molecular weight excluding hydrogens is 274 g/mol. The summed E-state index contributed by atoms with van der Waals surface area (Å²) in [7, 11) is 0. The number of aromatic nitrogens is 2. The van der Waals surface area contributed by atoms with Crippen molar-refractivity contribution in [3.8, 4) is 0 Å². The summed E-state index contributed by atoms with van der Waals surface area (Å²) in [5.41, 5.74) is 3.87. The van der Waals surface area contributed by atoms with Gasteiger partial charge in [-0.25, -0.2) is 9.97 Å². The Kier molecular flexibility index (Phi) is 3.33. The minimum atomic E-state index is 0.191. The highest BCUT2D eigenvalue weighted by atomic mass is 79.9. The number of nitrogens with one attached hydrogen (secondary N) is 1. The van der Waals surface area contributed by atoms with Crippen molar-refractivity contribution in [1.82, 2.24) is 9.97 Å². The molecule has 0 aliphatic carbocycles. The van der Waals surface area contributed by atoms with Crippen LogP contribution in [0.15, 0.2) is 33.8 Å². The average molecular weight is 284 g/mol. The third-order valence-electron chi connectivity index (χ3n) is 2.03. The number of halogens is 1. The fraction of sp³-hybridized carbons (Fsp3) is 0.200. The fourth-order valence-corrected chi connectivity index (χ4v) is 2.25. The predicted octanol–water partition coefficient (Wildman–Crippen LogP) is 3.47. The average Bonchev–Trinajstić information content (AvgIpc) is 2.74. The predicted molar refractivity (Wildman–Crippen MR) is 66.1 cm³/mol. The van der Waals surface area contributed by atoms with Crippen molar-refractivity contribution < 1.29 is 0 Å². The normalized spacial score (nSPS) is 12.4. The maximum Gasteiger partial charge on any atom is 0.129 e. The van der Waals surface area contributed by atoms with Crippen LogP contribution in [-0.2, 0) is 0 Å². The second-order valence-electron chi connectivity index (χ2n) is 3.12. The van der Waals surface area contributed by atoms with Crippen LogP contribution in [0.2, 0.25) is 0 Å². The summed E-state index contributed by atoms with van der Waals surface area (Å²) >= 11 is 5.00. The van der Waals surface area contributed by atoms with Crippen molar-refractivity contribution in [3.05, 3.63) is 39.5 Å². The number of anilines is 1. The quantitative estimate of drug-likeness (QED) is 0.877. The summed E-state index contributed by atoms with van der Waals surface area (Å²) in [6.07, 6.45) is 1.75. The Hall–Kier alpha value is -0.940. The molecule has 0 aliphatic rings. The van der Waals surface area contributed by atoms with Crippen LogP contribution < -0.4 is 5.32 Å². The Morgan fingerprint density at radius 2 is 2.33 bits per heavy atom. The second-order valence-corrected chi connectivity index (χ2v) is 4.59. The molecule has 3 nitrogen and oxygen atoms in total. The van der Waals surface area contributed by atoms with E-state index < -0.39 is 0 Å². The Bertz CT molecular complexity index is 430. The minimum absolute atomic E-state index is 0.191. The molecule has 78 valence electrons. The van der Waals surface area contributed by atoms with Gasteiger partial charge in [0, 0.05) is 11.6 Å². The molecule has 1 N–H and O–H groups in total. The van der Waals surface area contributed by atoms with Gasteiger partial charge in [0.2, 0.25) is 0 Å². The lowest BCUT2D eigenvalue weighted by Crippen LogP contribution is -2.07. The topological polar surface area (TPSA) is 37.8 Å². The number of pyridine rings is 1. The van der Waals surface area contributed by atoms with Gasteiger partial charge in [0.15, 0.2) is 0 Å². The van der Waals surface area contributed by atoms with E-state index in [1.165, 1.54) is 0 Å². The Morgan fingerprint density at radius 1 is 1.47 bits per heavy atom. The molecule has 0 amide bonds. The summed E-state index contributed by atoms with van der Waals surface area (Å²) < 4.78 is 0.826. The highest BCUT2D eigenvalue weighted by Crippen LogP contribution is 2.24. The van der Waals surface area contributed by atoms with Crippen LogP contribution in [-0.4, -0.2) is 9.97 Å². The van der Waals surface area contributed by atoms with Crippen molar-refractivity contribution in [3.63, 3.8) is 0 Å². The van der Waals surface area contributed by atoms with Crippen LogP contribution in [0.5, 0.6) is 0 Å². The van der Waals surface area contributed by atoms with Crippen molar-refractivity contribution >= 4 is 33.0 Å². The molecule has 0 saturated heterocycles. The molecule has 5 heteroatoms. The molecule has 0 bridgehead atoms. The minimum Gasteiger partial charge on any atom is -0.375 e. The van der Waals surface area contributed by atoms with Crippen molar-refractivity contribution in [1.29, 1.82) is 0 Å². The molecule has 0 radical (unpaired) electrons. The molecule has 0 fully saturated rings. The summed E-state index contributed by atoms with van der Waals surface area (Å²) in [4.78, 5) is 8.41. The lowest BCUT2D eigenvalue weighted by atomic mass is 10.2. The smallest absolute Gasteiger partial charge is 0.129 e. The highest BCUT2D eigenvalue weighted by Gasteiger charge is 2.08. The molecule has 15 heavy (non-hydrogen) atoms. The van der Waals surface area contributed by atoms with E-state index in [0.29, 0.717) is 0 Å². The summed E-state index contributed by atoms with van der Waals surface area (Å²) in [6.45, 7) is 2.08. The molecule has 0 saturated carbocycles. The fourth-order valence-electron chi connectivity index (χ4n) is 1.24. The van der Waals surface area contributed by atoms with Gasteiger partial charge < -0.3 is 5.32 Å². The SMILES string of the molecule is CC(Nc1cccnc1Br)c1cscn1. The lowest BCUT2D eigenvalue weighted by molar-refractivity contribution is 0.847. The summed E-state index contributed by atoms with van der Waals surface area (Å²) in [5, 5.41) is 5.39. The largest absolute Gasteiger partial charge is 0.375 e. The molecule has 1 unspecified atom stereocenters. The first-order chi connectivity index (χ1) is 7.27. The van der Waals surface area contributed by atoms with Crippen molar-refractivity contribution in [2.45, 2.75) is 13.0 Å². The van der Waals surface area contributed by atoms with Crippen molar-refractivity contribution in [2.75, 3.05) is 5.32 Å². The van der Waals surface area contributed by atoms with Gasteiger partial charge in [-0.05, 0) is 35.0 Å². The molecule has 2 heterocycles. The third-order valence-corrected chi connectivity index (χ3v) is 3.26. The van der Waals surface area contributed by atoms with Crippen LogP contribution in [0.3, 0.4) is 0 Å². The van der Waals surface area contributed by atoms with Crippen LogP contribution in [0.1, 0.15) is 18.7 Å². The van der Waals surface area contributed by atoms with E-state index >= 15 is 0 Å². The Balaban J connectivity index is 2.13. The standard InChI is InChI=1S/C10H10BrN3S/c1-7(9-5-15-6-13-9)14-8-3-2-4-12-10(8)11/h2-7,14H,1H3. The maximum atomic E-state index is 4.26. The van der Waals surface area contributed by atoms with Gasteiger partial charge >= 0.3 is 0 Å². The van der Waals surface area contributed by atoms with Crippen LogP contribution >= 0.6 is 27.3 Å². The van der Waals surface area contributed by atoms with E-state index in [9.17, 15) is 0 Å². The van der Waals surface area contributed by atoms with Crippen molar-refractivity contribution in [2.24, 2.45) is 0 Å². The van der Waals surface area contributed by atoms with Crippen LogP contribution in [0.4, 0.5) is 5.69 Å². The zero-order valence-electron chi connectivity index (χ0n) is 8.14. The molecule has 0 aromatic carbocycles. The molecular formula is C10H10BrN3S. The van der Waals surface area contributed by atoms with E-state index in [1.807, 2.05) is 23.0 Å². The maximum absolute atomic E-state index is 4.26. The van der Waals surface area contributed by atoms with E-state index in [4.69, 9.17) is 0 Å². The highest BCUT2D eigenvalue weighted by molar-refractivity contribution is 9.10. The number of hydrogen-bond acceptors (Lipinski definition) is 4. The van der Waals surface area contributed by atoms with E-state index in [1.54, 1.807) is 17.5 Å². The summed E-state index contributed by atoms with van der Waals surface area (Å²) in [6, 6.07) is 4.08. The van der Waals surface area contributed by atoms with Gasteiger partial charge in [0.1, 0.15) is 4.60 Å². The number of rotatable bonds is 3. The zero-order chi connectivity index (χ0) is 10.7. The van der Waals surface area contributed by atoms with E-state index in [2.05, 4.69) is 38.1 Å². The molecule has 2 rings (SSSR count). The second kappa shape index (κ2) is 4.72. The zero-order valence-corrected chi connectivity index (χ0v) is 10.5. The Morgan fingerprint density at radius 3 is 3.00 bits per heavy atom. The third kappa shape index (κ3) is 2.54. The monoisotopic (exact) mass is 283 g/mol. The van der Waals surface area contributed by atoms with Crippen LogP contribution in [0.25, 0.3) is 0 Å². The summed E-state index contributed by atoms with van der Waals surface area (Å²) in [5.74, 6) is 0. The van der Waals surface area contributed by atoms with Gasteiger partial charge in [0.25, 0.3) is 0 Å². The number of thiazole rings is 1. The number of nitrogens with zero attached hydrogens (tertiary/aromatic N) is 2. The molecule has 2 aromatic rings. The molecule has 0 spiro atoms. The van der Waals surface area contributed by atoms with E-state index in [0.717, 1.165) is 16.0 Å². The van der Waals surface area contributed by atoms with Gasteiger partial charge in [-0.1, -0.05) is 0 Å². The Labute approximate surface area is 101 Å². The van der Waals surface area contributed by atoms with Gasteiger partial charge in [0.05, 0.1) is 22.9 Å². The molecule has 1 atom stereocenters. The van der Waals surface area contributed by atoms with Gasteiger partial charge in [-0.15, -0.1) is 11.3 Å². The first kappa shape index (κ1) is 10.6. The number of hydrogen-bond donors (Lipinski definition) is 1. The first-order valence-electron chi connectivity index (χ1n) is 4.52. The van der Waals surface area contributed by atoms with Crippen LogP contribution in [0, 0.1) is 0 Å². The lowest BCUT2D eigenvalue weighted by Gasteiger charge is -2.13. The van der Waals surface area contributed by atoms with Gasteiger partial charge in [-0.3, -0.25) is 0 Å². The molecule has 2 aromatic heterocycles. The first-order valence-corrected chi connectivity index (χ1v) is 6.26. The van der Waals surface area contributed by atoms with Gasteiger partial charge in [-0.2, -0.15) is 0 Å². The molecule has 0 aliphatic heterocycles. The van der Waals surface area contributed by atoms with E-state index in [-0.39, 0.29) is 6.04 Å².